The van der Waals surface area contributed by atoms with E-state index >= 15 is 0 Å². The van der Waals surface area contributed by atoms with Crippen LogP contribution in [0, 0.1) is 27.7 Å². The second-order valence-electron chi connectivity index (χ2n) is 9.84. The number of likely N-dealkylation sites (tertiary alicyclic amines) is 1. The van der Waals surface area contributed by atoms with Crippen LogP contribution in [0.25, 0.3) is 23.5 Å². The van der Waals surface area contributed by atoms with E-state index in [0.717, 1.165) is 56.4 Å². The monoisotopic (exact) mass is 475 g/mol. The van der Waals surface area contributed by atoms with Gasteiger partial charge < -0.3 is 9.13 Å². The highest BCUT2D eigenvalue weighted by molar-refractivity contribution is 6.14. The normalized spacial score (nSPS) is 16.9. The summed E-state index contributed by atoms with van der Waals surface area (Å²) < 4.78 is 4.50. The van der Waals surface area contributed by atoms with Gasteiger partial charge in [-0.15, -0.1) is 0 Å². The number of aromatic nitrogens is 2. The molecule has 0 unspecified atom stereocenters. The molecule has 4 aromatic rings. The molecule has 4 nitrogen and oxygen atoms in total. The molecule has 36 heavy (non-hydrogen) atoms. The van der Waals surface area contributed by atoms with E-state index in [2.05, 4.69) is 122 Å². The van der Waals surface area contributed by atoms with Gasteiger partial charge in [0, 0.05) is 58.4 Å². The zero-order valence-electron chi connectivity index (χ0n) is 21.7. The largest absolute Gasteiger partial charge is 0.318 e. The number of aryl methyl sites for hydroxylation is 2. The van der Waals surface area contributed by atoms with E-state index in [1.165, 1.54) is 0 Å². The molecular formula is C32H33N3O. The topological polar surface area (TPSA) is 30.2 Å². The summed E-state index contributed by atoms with van der Waals surface area (Å²) in [6, 6.07) is 25.1. The van der Waals surface area contributed by atoms with E-state index in [4.69, 9.17) is 0 Å². The molecule has 0 bridgehead atoms. The molecule has 1 aliphatic heterocycles. The van der Waals surface area contributed by atoms with E-state index in [-0.39, 0.29) is 5.78 Å². The predicted octanol–water partition coefficient (Wildman–Crippen LogP) is 6.48. The Kier molecular flexibility index (Phi) is 6.38. The molecule has 1 saturated heterocycles. The summed E-state index contributed by atoms with van der Waals surface area (Å²) in [5.41, 5.74) is 10.7. The zero-order valence-corrected chi connectivity index (χ0v) is 21.7. The van der Waals surface area contributed by atoms with Crippen molar-refractivity contribution in [3.63, 3.8) is 0 Å². The quantitative estimate of drug-likeness (QED) is 0.316. The lowest BCUT2D eigenvalue weighted by Gasteiger charge is -2.26. The van der Waals surface area contributed by atoms with Crippen LogP contribution >= 0.6 is 0 Å². The molecule has 1 fully saturated rings. The van der Waals surface area contributed by atoms with Crippen LogP contribution in [0.5, 0.6) is 0 Å². The third-order valence-electron chi connectivity index (χ3n) is 7.09. The van der Waals surface area contributed by atoms with Crippen molar-refractivity contribution in [3.8, 4) is 11.4 Å². The number of rotatable bonds is 4. The highest BCUT2D eigenvalue weighted by Crippen LogP contribution is 2.28. The summed E-state index contributed by atoms with van der Waals surface area (Å²) in [6.45, 7) is 9.77. The van der Waals surface area contributed by atoms with Crippen molar-refractivity contribution in [2.24, 2.45) is 0 Å². The van der Waals surface area contributed by atoms with Gasteiger partial charge in [-0.05, 0) is 94.4 Å². The Morgan fingerprint density at radius 3 is 1.42 bits per heavy atom. The molecule has 0 atom stereocenters. The second kappa shape index (κ2) is 9.63. The molecule has 0 spiro atoms. The van der Waals surface area contributed by atoms with Crippen LogP contribution < -0.4 is 0 Å². The molecular weight excluding hydrogens is 442 g/mol. The molecule has 2 aromatic heterocycles. The number of likely N-dealkylation sites (N-methyl/N-ethyl adjacent to an activating group) is 1. The molecule has 4 heteroatoms. The minimum Gasteiger partial charge on any atom is -0.318 e. The van der Waals surface area contributed by atoms with Crippen LogP contribution in [0.15, 0.2) is 83.9 Å². The third kappa shape index (κ3) is 4.40. The fourth-order valence-corrected chi connectivity index (χ4v) is 5.40. The van der Waals surface area contributed by atoms with E-state index in [0.29, 0.717) is 13.1 Å². The highest BCUT2D eigenvalue weighted by Gasteiger charge is 2.25. The van der Waals surface area contributed by atoms with E-state index < -0.39 is 0 Å². The van der Waals surface area contributed by atoms with Crippen molar-refractivity contribution < 1.29 is 4.79 Å². The number of nitrogens with zero attached hydrogens (tertiary/aromatic N) is 3. The van der Waals surface area contributed by atoms with E-state index in [1.807, 2.05) is 12.1 Å². The number of carbonyl (C=O) groups is 1. The maximum Gasteiger partial charge on any atom is 0.187 e. The Balaban J connectivity index is 1.51. The number of benzene rings is 2. The van der Waals surface area contributed by atoms with Crippen molar-refractivity contribution in [1.29, 1.82) is 0 Å². The Hall–Kier alpha value is -3.89. The maximum absolute atomic E-state index is 13.6. The maximum atomic E-state index is 13.6. The number of piperidine rings is 1. The summed E-state index contributed by atoms with van der Waals surface area (Å²) in [6.07, 6.45) is 4.17. The van der Waals surface area contributed by atoms with Gasteiger partial charge >= 0.3 is 0 Å². The fraction of sp³-hybridized carbons (Fsp3) is 0.219. The van der Waals surface area contributed by atoms with Crippen LogP contribution in [0.4, 0.5) is 0 Å². The standard InChI is InChI=1S/C32H33N3O/c1-22-16-26(24(3)34(22)30-12-8-6-9-13-30)18-28-20-33(5)21-29(32(28)36)19-27-17-23(2)35(25(27)4)31-14-10-7-11-15-31/h6-19H,20-21H2,1-5H3/b28-18-,29-19-. The number of para-hydroxylation sites is 2. The van der Waals surface area contributed by atoms with Gasteiger partial charge in [0.1, 0.15) is 0 Å². The Morgan fingerprint density at radius 2 is 1.03 bits per heavy atom. The number of Topliss-reactive ketones (excluding diaryl/α,β-unsaturated/α-hetero) is 1. The van der Waals surface area contributed by atoms with Gasteiger partial charge in [-0.1, -0.05) is 36.4 Å². The van der Waals surface area contributed by atoms with Crippen LogP contribution in [-0.2, 0) is 4.79 Å². The van der Waals surface area contributed by atoms with Crippen molar-refractivity contribution >= 4 is 17.9 Å². The lowest BCUT2D eigenvalue weighted by atomic mass is 9.94. The summed E-state index contributed by atoms with van der Waals surface area (Å²) >= 11 is 0. The summed E-state index contributed by atoms with van der Waals surface area (Å²) in [7, 11) is 2.08. The Bertz CT molecular complexity index is 1370. The molecule has 0 amide bonds. The van der Waals surface area contributed by atoms with Gasteiger partial charge in [0.15, 0.2) is 5.78 Å². The molecule has 0 saturated carbocycles. The molecule has 0 aliphatic carbocycles. The van der Waals surface area contributed by atoms with Gasteiger partial charge in [0.05, 0.1) is 0 Å². The summed E-state index contributed by atoms with van der Waals surface area (Å²) in [5, 5.41) is 0. The number of carbonyl (C=O) groups excluding carboxylic acids is 1. The van der Waals surface area contributed by atoms with E-state index in [9.17, 15) is 4.79 Å². The smallest absolute Gasteiger partial charge is 0.187 e. The SMILES string of the molecule is Cc1cc(/C=C2/CN(C)C/C(=C/c3cc(C)n(-c4ccccc4)c3C)C2=O)c(C)n1-c1ccccc1. The lowest BCUT2D eigenvalue weighted by molar-refractivity contribution is -0.113. The summed E-state index contributed by atoms with van der Waals surface area (Å²) in [4.78, 5) is 15.9. The fourth-order valence-electron chi connectivity index (χ4n) is 5.40. The van der Waals surface area contributed by atoms with Crippen LogP contribution in [0.1, 0.15) is 33.9 Å². The van der Waals surface area contributed by atoms with Crippen LogP contribution in [0.3, 0.4) is 0 Å². The van der Waals surface area contributed by atoms with Crippen LogP contribution in [0.2, 0.25) is 0 Å². The first-order valence-electron chi connectivity index (χ1n) is 12.5. The first-order valence-corrected chi connectivity index (χ1v) is 12.5. The Morgan fingerprint density at radius 1 is 0.639 bits per heavy atom. The third-order valence-corrected chi connectivity index (χ3v) is 7.09. The second-order valence-corrected chi connectivity index (χ2v) is 9.84. The first kappa shape index (κ1) is 23.8. The van der Waals surface area contributed by atoms with Gasteiger partial charge in [0.2, 0.25) is 0 Å². The van der Waals surface area contributed by atoms with Crippen molar-refractivity contribution in [2.75, 3.05) is 20.1 Å². The number of hydrogen-bond donors (Lipinski definition) is 0. The summed E-state index contributed by atoms with van der Waals surface area (Å²) in [5.74, 6) is 0.141. The molecule has 3 heterocycles. The van der Waals surface area contributed by atoms with Gasteiger partial charge in [-0.2, -0.15) is 0 Å². The molecule has 2 aromatic carbocycles. The first-order chi connectivity index (χ1) is 17.3. The number of ketones is 1. The molecule has 1 aliphatic rings. The van der Waals surface area contributed by atoms with Gasteiger partial charge in [0.25, 0.3) is 0 Å². The number of hydrogen-bond acceptors (Lipinski definition) is 2. The average molecular weight is 476 g/mol. The predicted molar refractivity (Wildman–Crippen MR) is 149 cm³/mol. The Labute approximate surface area is 213 Å². The molecule has 0 N–H and O–H groups in total. The van der Waals surface area contributed by atoms with Gasteiger partial charge in [-0.3, -0.25) is 9.69 Å². The minimum atomic E-state index is 0.141. The molecule has 182 valence electrons. The molecule has 5 rings (SSSR count). The van der Waals surface area contributed by atoms with Crippen molar-refractivity contribution in [2.45, 2.75) is 27.7 Å². The van der Waals surface area contributed by atoms with Crippen molar-refractivity contribution in [1.82, 2.24) is 14.0 Å². The lowest BCUT2D eigenvalue weighted by Crippen LogP contribution is -2.34. The zero-order chi connectivity index (χ0) is 25.4. The van der Waals surface area contributed by atoms with Crippen molar-refractivity contribution in [3.05, 3.63) is 118 Å². The average Bonchev–Trinajstić information content (AvgIpc) is 3.31. The minimum absolute atomic E-state index is 0.141. The van der Waals surface area contributed by atoms with E-state index in [1.54, 1.807) is 0 Å². The van der Waals surface area contributed by atoms with Crippen LogP contribution in [-0.4, -0.2) is 40.0 Å². The highest BCUT2D eigenvalue weighted by atomic mass is 16.1. The molecule has 0 radical (unpaired) electrons. The van der Waals surface area contributed by atoms with Gasteiger partial charge in [-0.25, -0.2) is 0 Å².